The number of nitrogens with one attached hydrogen (secondary N) is 1. The van der Waals surface area contributed by atoms with E-state index in [0.717, 1.165) is 36.5 Å². The molecule has 0 aliphatic carbocycles. The van der Waals surface area contributed by atoms with Crippen molar-refractivity contribution in [2.75, 3.05) is 19.6 Å². The highest BCUT2D eigenvalue weighted by molar-refractivity contribution is 5.94. The predicted molar refractivity (Wildman–Crippen MR) is 96.0 cm³/mol. The van der Waals surface area contributed by atoms with Crippen molar-refractivity contribution in [2.45, 2.75) is 32.7 Å². The van der Waals surface area contributed by atoms with E-state index >= 15 is 0 Å². The molecule has 1 aromatic heterocycles. The van der Waals surface area contributed by atoms with Gasteiger partial charge in [-0.3, -0.25) is 14.4 Å². The summed E-state index contributed by atoms with van der Waals surface area (Å²) in [5.74, 6) is 0.00686. The number of nitrogens with zero attached hydrogens (tertiary/aromatic N) is 3. The quantitative estimate of drug-likeness (QED) is 0.919. The number of aryl methyl sites for hydroxylation is 2. The minimum absolute atomic E-state index is 0.00686. The van der Waals surface area contributed by atoms with Gasteiger partial charge in [-0.2, -0.15) is 5.10 Å². The van der Waals surface area contributed by atoms with Crippen LogP contribution in [0.3, 0.4) is 0 Å². The standard InChI is InChI=1S/C19H26N4O/c1-4-23-11-5-6-17(23)12-20-19(24)16-9-7-15(8-10-16)18-13-22(3)21-14(18)2/h7-10,13,17H,4-6,11-12H2,1-3H3,(H,20,24)/t17-/m0/s1. The average Bonchev–Trinajstić information content (AvgIpc) is 3.18. The van der Waals surface area contributed by atoms with Crippen LogP contribution in [0.15, 0.2) is 30.5 Å². The Labute approximate surface area is 143 Å². The number of carbonyl (C=O) groups excluding carboxylic acids is 1. The molecular weight excluding hydrogens is 300 g/mol. The van der Waals surface area contributed by atoms with Gasteiger partial charge in [0.05, 0.1) is 5.69 Å². The van der Waals surface area contributed by atoms with Gasteiger partial charge in [0.2, 0.25) is 0 Å². The molecule has 1 aliphatic heterocycles. The molecule has 0 saturated carbocycles. The van der Waals surface area contributed by atoms with E-state index in [9.17, 15) is 4.79 Å². The first-order valence-corrected chi connectivity index (χ1v) is 8.71. The average molecular weight is 326 g/mol. The summed E-state index contributed by atoms with van der Waals surface area (Å²) in [6.45, 7) is 7.11. The summed E-state index contributed by atoms with van der Waals surface area (Å²) in [5.41, 5.74) is 3.90. The Morgan fingerprint density at radius 1 is 1.33 bits per heavy atom. The van der Waals surface area contributed by atoms with E-state index in [0.29, 0.717) is 11.6 Å². The topological polar surface area (TPSA) is 50.2 Å². The Balaban J connectivity index is 1.63. The van der Waals surface area contributed by atoms with Gasteiger partial charge in [-0.25, -0.2) is 0 Å². The molecular formula is C19H26N4O. The SMILES string of the molecule is CCN1CCC[C@H]1CNC(=O)c1ccc(-c2cn(C)nc2C)cc1. The molecule has 0 unspecified atom stereocenters. The maximum absolute atomic E-state index is 12.4. The first kappa shape index (κ1) is 16.7. The molecule has 1 amide bonds. The van der Waals surface area contributed by atoms with E-state index in [4.69, 9.17) is 0 Å². The van der Waals surface area contributed by atoms with Crippen molar-refractivity contribution in [2.24, 2.45) is 7.05 Å². The van der Waals surface area contributed by atoms with Crippen molar-refractivity contribution < 1.29 is 4.79 Å². The largest absolute Gasteiger partial charge is 0.350 e. The van der Waals surface area contributed by atoms with Crippen LogP contribution in [0.1, 0.15) is 35.8 Å². The maximum Gasteiger partial charge on any atom is 0.251 e. The zero-order chi connectivity index (χ0) is 17.1. The third kappa shape index (κ3) is 3.51. The molecule has 0 bridgehead atoms. The van der Waals surface area contributed by atoms with E-state index in [1.807, 2.05) is 49.1 Å². The van der Waals surface area contributed by atoms with Crippen LogP contribution in [0.5, 0.6) is 0 Å². The van der Waals surface area contributed by atoms with Crippen molar-refractivity contribution in [3.05, 3.63) is 41.7 Å². The molecule has 1 aliphatic rings. The highest BCUT2D eigenvalue weighted by atomic mass is 16.1. The van der Waals surface area contributed by atoms with Gasteiger partial charge in [-0.1, -0.05) is 19.1 Å². The molecule has 2 aromatic rings. The summed E-state index contributed by atoms with van der Waals surface area (Å²) in [6, 6.07) is 8.25. The highest BCUT2D eigenvalue weighted by Gasteiger charge is 2.23. The van der Waals surface area contributed by atoms with Gasteiger partial charge in [0, 0.05) is 37.0 Å². The molecule has 0 spiro atoms. The third-order valence-corrected chi connectivity index (χ3v) is 4.88. The number of aromatic nitrogens is 2. The molecule has 1 saturated heterocycles. The number of amides is 1. The normalized spacial score (nSPS) is 18.0. The molecule has 3 rings (SSSR count). The summed E-state index contributed by atoms with van der Waals surface area (Å²) < 4.78 is 1.81. The lowest BCUT2D eigenvalue weighted by Gasteiger charge is -2.22. The van der Waals surface area contributed by atoms with Crippen molar-refractivity contribution in [3.63, 3.8) is 0 Å². The minimum atomic E-state index is 0.00686. The lowest BCUT2D eigenvalue weighted by Crippen LogP contribution is -2.40. The Hall–Kier alpha value is -2.14. The predicted octanol–water partition coefficient (Wildman–Crippen LogP) is 2.61. The molecule has 0 radical (unpaired) electrons. The van der Waals surface area contributed by atoms with E-state index in [1.54, 1.807) is 0 Å². The van der Waals surface area contributed by atoms with Crippen LogP contribution in [0.2, 0.25) is 0 Å². The number of likely N-dealkylation sites (N-methyl/N-ethyl adjacent to an activating group) is 1. The van der Waals surface area contributed by atoms with Crippen LogP contribution < -0.4 is 5.32 Å². The van der Waals surface area contributed by atoms with Gasteiger partial charge in [-0.15, -0.1) is 0 Å². The molecule has 128 valence electrons. The fourth-order valence-electron chi connectivity index (χ4n) is 3.54. The zero-order valence-corrected chi connectivity index (χ0v) is 14.7. The maximum atomic E-state index is 12.4. The van der Waals surface area contributed by atoms with Gasteiger partial charge in [0.15, 0.2) is 0 Å². The number of hydrogen-bond donors (Lipinski definition) is 1. The van der Waals surface area contributed by atoms with Gasteiger partial charge >= 0.3 is 0 Å². The highest BCUT2D eigenvalue weighted by Crippen LogP contribution is 2.22. The molecule has 1 fully saturated rings. The van der Waals surface area contributed by atoms with Crippen LogP contribution in [0, 0.1) is 6.92 Å². The second-order valence-corrected chi connectivity index (χ2v) is 6.51. The number of likely N-dealkylation sites (tertiary alicyclic amines) is 1. The first-order valence-electron chi connectivity index (χ1n) is 8.71. The molecule has 1 atom stereocenters. The number of hydrogen-bond acceptors (Lipinski definition) is 3. The molecule has 5 nitrogen and oxygen atoms in total. The lowest BCUT2D eigenvalue weighted by molar-refractivity contribution is 0.0941. The summed E-state index contributed by atoms with van der Waals surface area (Å²) >= 11 is 0. The smallest absolute Gasteiger partial charge is 0.251 e. The van der Waals surface area contributed by atoms with Crippen molar-refractivity contribution in [3.8, 4) is 11.1 Å². The molecule has 24 heavy (non-hydrogen) atoms. The van der Waals surface area contributed by atoms with Gasteiger partial charge < -0.3 is 5.32 Å². The first-order chi connectivity index (χ1) is 11.6. The van der Waals surface area contributed by atoms with Crippen molar-refractivity contribution >= 4 is 5.91 Å². The van der Waals surface area contributed by atoms with Crippen molar-refractivity contribution in [1.29, 1.82) is 0 Å². The Morgan fingerprint density at radius 2 is 2.08 bits per heavy atom. The number of rotatable bonds is 5. The Morgan fingerprint density at radius 3 is 2.71 bits per heavy atom. The fraction of sp³-hybridized carbons (Fsp3) is 0.474. The van der Waals surface area contributed by atoms with Crippen LogP contribution >= 0.6 is 0 Å². The van der Waals surface area contributed by atoms with Crippen molar-refractivity contribution in [1.82, 2.24) is 20.0 Å². The zero-order valence-electron chi connectivity index (χ0n) is 14.7. The number of benzene rings is 1. The molecule has 2 heterocycles. The van der Waals surface area contributed by atoms with Gasteiger partial charge in [0.1, 0.15) is 0 Å². The Kier molecular flexibility index (Phi) is 5.00. The second-order valence-electron chi connectivity index (χ2n) is 6.51. The molecule has 1 aromatic carbocycles. The van der Waals surface area contributed by atoms with Gasteiger partial charge in [-0.05, 0) is 50.6 Å². The van der Waals surface area contributed by atoms with Crippen LogP contribution in [-0.4, -0.2) is 46.3 Å². The summed E-state index contributed by atoms with van der Waals surface area (Å²) in [5, 5.41) is 7.45. The minimum Gasteiger partial charge on any atom is -0.350 e. The van der Waals surface area contributed by atoms with Crippen LogP contribution in [0.4, 0.5) is 0 Å². The number of carbonyl (C=O) groups is 1. The van der Waals surface area contributed by atoms with E-state index < -0.39 is 0 Å². The second kappa shape index (κ2) is 7.18. The summed E-state index contributed by atoms with van der Waals surface area (Å²) in [6.07, 6.45) is 4.41. The van der Waals surface area contributed by atoms with E-state index in [2.05, 4.69) is 22.2 Å². The summed E-state index contributed by atoms with van der Waals surface area (Å²) in [4.78, 5) is 14.8. The Bertz CT molecular complexity index is 705. The van der Waals surface area contributed by atoms with E-state index in [-0.39, 0.29) is 5.91 Å². The van der Waals surface area contributed by atoms with Crippen LogP contribution in [-0.2, 0) is 7.05 Å². The fourth-order valence-corrected chi connectivity index (χ4v) is 3.54. The van der Waals surface area contributed by atoms with Crippen LogP contribution in [0.25, 0.3) is 11.1 Å². The molecule has 1 N–H and O–H groups in total. The lowest BCUT2D eigenvalue weighted by atomic mass is 10.0. The monoisotopic (exact) mass is 326 g/mol. The molecule has 5 heteroatoms. The van der Waals surface area contributed by atoms with E-state index in [1.165, 1.54) is 12.8 Å². The van der Waals surface area contributed by atoms with Gasteiger partial charge in [0.25, 0.3) is 5.91 Å². The third-order valence-electron chi connectivity index (χ3n) is 4.88. The summed E-state index contributed by atoms with van der Waals surface area (Å²) in [7, 11) is 1.92.